The molecular weight excluding hydrogens is 336 g/mol. The largest absolute Gasteiger partial charge is 0.507 e. The molecule has 21 heavy (non-hydrogen) atoms. The van der Waals surface area contributed by atoms with E-state index in [1.54, 1.807) is 6.07 Å². The normalized spacial score (nSPS) is 15.4. The molecule has 0 saturated carbocycles. The molecule has 1 aliphatic rings. The lowest BCUT2D eigenvalue weighted by Crippen LogP contribution is -2.44. The van der Waals surface area contributed by atoms with Crippen LogP contribution in [-0.2, 0) is 7.05 Å². The molecule has 6 nitrogen and oxygen atoms in total. The van der Waals surface area contributed by atoms with Crippen LogP contribution < -0.4 is 14.9 Å². The molecule has 1 aromatic heterocycles. The first-order valence-electron chi connectivity index (χ1n) is 6.83. The van der Waals surface area contributed by atoms with Gasteiger partial charge in [-0.15, -0.1) is 4.68 Å². The van der Waals surface area contributed by atoms with Crippen molar-refractivity contribution in [3.63, 3.8) is 0 Å². The van der Waals surface area contributed by atoms with E-state index >= 15 is 0 Å². The van der Waals surface area contributed by atoms with Gasteiger partial charge in [0.1, 0.15) is 17.2 Å². The Kier molecular flexibility index (Phi) is 3.77. The van der Waals surface area contributed by atoms with E-state index in [2.05, 4.69) is 31.2 Å². The first-order chi connectivity index (χ1) is 10.1. The number of aromatic nitrogens is 2. The molecule has 2 heterocycles. The summed E-state index contributed by atoms with van der Waals surface area (Å²) < 4.78 is 2.43. The Morgan fingerprint density at radius 1 is 1.19 bits per heavy atom. The Morgan fingerprint density at radius 2 is 1.90 bits per heavy atom. The van der Waals surface area contributed by atoms with Gasteiger partial charge in [-0.2, -0.15) is 5.10 Å². The smallest absolute Gasteiger partial charge is 0.265 e. The number of phenolic OH excluding ortho intramolecular Hbond substituents is 2. The summed E-state index contributed by atoms with van der Waals surface area (Å²) in [5, 5.41) is 26.4. The van der Waals surface area contributed by atoms with Crippen LogP contribution in [0.4, 0.5) is 5.69 Å². The number of aromatic amines is 1. The Balaban J connectivity index is 2.10. The van der Waals surface area contributed by atoms with Crippen molar-refractivity contribution in [2.45, 2.75) is 0 Å². The molecule has 0 spiro atoms. The van der Waals surface area contributed by atoms with Gasteiger partial charge in [0.15, 0.2) is 7.05 Å². The predicted molar refractivity (Wildman–Crippen MR) is 83.5 cm³/mol. The number of phenols is 2. The molecule has 1 aliphatic heterocycles. The van der Waals surface area contributed by atoms with Gasteiger partial charge in [0.25, 0.3) is 5.69 Å². The predicted octanol–water partition coefficient (Wildman–Crippen LogP) is 1.09. The summed E-state index contributed by atoms with van der Waals surface area (Å²) in [6.45, 7) is 3.73. The number of piperazine rings is 1. The maximum atomic E-state index is 10.2. The highest BCUT2D eigenvalue weighted by molar-refractivity contribution is 9.10. The zero-order chi connectivity index (χ0) is 15.0. The van der Waals surface area contributed by atoms with Crippen molar-refractivity contribution >= 4 is 21.6 Å². The number of anilines is 1. The average molecular weight is 354 g/mol. The van der Waals surface area contributed by atoms with E-state index in [0.717, 1.165) is 37.6 Å². The summed E-state index contributed by atoms with van der Waals surface area (Å²) in [4.78, 5) is 2.28. The van der Waals surface area contributed by atoms with Crippen molar-refractivity contribution < 1.29 is 14.9 Å². The van der Waals surface area contributed by atoms with Gasteiger partial charge in [0, 0.05) is 32.2 Å². The summed E-state index contributed by atoms with van der Waals surface area (Å²) in [6.07, 6.45) is 1.95. The molecule has 1 saturated heterocycles. The van der Waals surface area contributed by atoms with Crippen LogP contribution in [0.2, 0.25) is 0 Å². The van der Waals surface area contributed by atoms with E-state index in [0.29, 0.717) is 10.0 Å². The quantitative estimate of drug-likeness (QED) is 0.609. The molecule has 0 atom stereocenters. The summed E-state index contributed by atoms with van der Waals surface area (Å²) in [5.74, 6) is 0.0837. The third kappa shape index (κ3) is 2.58. The van der Waals surface area contributed by atoms with Crippen LogP contribution in [0, 0.1) is 0 Å². The van der Waals surface area contributed by atoms with E-state index in [1.165, 1.54) is 6.07 Å². The topological polar surface area (TPSA) is 75.4 Å². The fraction of sp³-hybridized carbons (Fsp3) is 0.357. The van der Waals surface area contributed by atoms with Gasteiger partial charge < -0.3 is 20.4 Å². The lowest BCUT2D eigenvalue weighted by Gasteiger charge is -2.27. The monoisotopic (exact) mass is 353 g/mol. The Bertz CT molecular complexity index is 665. The maximum absolute atomic E-state index is 10.2. The summed E-state index contributed by atoms with van der Waals surface area (Å²) in [5.41, 5.74) is 2.62. The van der Waals surface area contributed by atoms with E-state index in [9.17, 15) is 10.2 Å². The number of benzene rings is 1. The molecule has 0 bridgehead atoms. The van der Waals surface area contributed by atoms with Crippen molar-refractivity contribution in [2.24, 2.45) is 7.05 Å². The summed E-state index contributed by atoms with van der Waals surface area (Å²) in [7, 11) is 1.90. The molecule has 0 unspecified atom stereocenters. The average Bonchev–Trinajstić information content (AvgIpc) is 2.85. The molecule has 1 fully saturated rings. The first kappa shape index (κ1) is 14.2. The van der Waals surface area contributed by atoms with Gasteiger partial charge in [-0.05, 0) is 22.0 Å². The zero-order valence-corrected chi connectivity index (χ0v) is 13.3. The van der Waals surface area contributed by atoms with Crippen LogP contribution in [0.3, 0.4) is 0 Å². The number of nitrogens with one attached hydrogen (secondary N) is 2. The standard InChI is InChI=1S/C14H17BrN4O2/c1-18-14(9-6-10(15)13(21)7-12(9)20)11(8-17-18)19-4-2-16-3-5-19/h6-8,16H,2-5H2,1H3,(H2,17,20,21)/p+1. The highest BCUT2D eigenvalue weighted by Gasteiger charge is 2.27. The van der Waals surface area contributed by atoms with Gasteiger partial charge in [-0.25, -0.2) is 0 Å². The second kappa shape index (κ2) is 5.57. The molecule has 1 aromatic carbocycles. The SMILES string of the molecule is C[n+]1[nH]cc(N2CCNCC2)c1-c1cc(Br)c(O)cc1O. The lowest BCUT2D eigenvalue weighted by molar-refractivity contribution is -0.716. The van der Waals surface area contributed by atoms with E-state index < -0.39 is 0 Å². The number of aromatic hydroxyl groups is 2. The minimum atomic E-state index is 0.0261. The van der Waals surface area contributed by atoms with Crippen molar-refractivity contribution in [1.82, 2.24) is 10.4 Å². The minimum Gasteiger partial charge on any atom is -0.507 e. The first-order valence-corrected chi connectivity index (χ1v) is 7.62. The van der Waals surface area contributed by atoms with Crippen molar-refractivity contribution in [2.75, 3.05) is 31.1 Å². The third-order valence-electron chi connectivity index (χ3n) is 3.75. The molecular formula is C14H18BrN4O2+. The second-order valence-electron chi connectivity index (χ2n) is 5.12. The van der Waals surface area contributed by atoms with Crippen LogP contribution in [-0.4, -0.2) is 41.5 Å². The highest BCUT2D eigenvalue weighted by atomic mass is 79.9. The summed E-state index contributed by atoms with van der Waals surface area (Å²) >= 11 is 3.31. The van der Waals surface area contributed by atoms with E-state index in [4.69, 9.17) is 0 Å². The summed E-state index contributed by atoms with van der Waals surface area (Å²) in [6, 6.07) is 3.09. The van der Waals surface area contributed by atoms with E-state index in [-0.39, 0.29) is 11.5 Å². The molecule has 4 N–H and O–H groups in total. The molecule has 112 valence electrons. The number of halogens is 1. The number of nitrogens with zero attached hydrogens (tertiary/aromatic N) is 2. The Labute approximate surface area is 131 Å². The van der Waals surface area contributed by atoms with Gasteiger partial charge in [-0.3, -0.25) is 0 Å². The van der Waals surface area contributed by atoms with Crippen molar-refractivity contribution in [3.8, 4) is 22.8 Å². The third-order valence-corrected chi connectivity index (χ3v) is 4.39. The van der Waals surface area contributed by atoms with Crippen molar-refractivity contribution in [3.05, 3.63) is 22.8 Å². The van der Waals surface area contributed by atoms with Crippen LogP contribution in [0.25, 0.3) is 11.3 Å². The maximum Gasteiger partial charge on any atom is 0.265 e. The minimum absolute atomic E-state index is 0.0261. The number of aryl methyl sites for hydroxylation is 1. The highest BCUT2D eigenvalue weighted by Crippen LogP contribution is 2.39. The second-order valence-corrected chi connectivity index (χ2v) is 5.98. The number of H-pyrrole nitrogens is 1. The van der Waals surface area contributed by atoms with Crippen LogP contribution in [0.1, 0.15) is 0 Å². The fourth-order valence-corrected chi connectivity index (χ4v) is 3.01. The Morgan fingerprint density at radius 3 is 2.62 bits per heavy atom. The zero-order valence-electron chi connectivity index (χ0n) is 11.7. The van der Waals surface area contributed by atoms with E-state index in [1.807, 2.05) is 17.9 Å². The van der Waals surface area contributed by atoms with Crippen LogP contribution in [0.15, 0.2) is 22.8 Å². The molecule has 0 amide bonds. The van der Waals surface area contributed by atoms with Gasteiger partial charge in [0.2, 0.25) is 0 Å². The molecule has 7 heteroatoms. The number of hydrogen-bond donors (Lipinski definition) is 4. The number of rotatable bonds is 2. The molecule has 2 aromatic rings. The van der Waals surface area contributed by atoms with Crippen LogP contribution in [0.5, 0.6) is 11.5 Å². The molecule has 0 aliphatic carbocycles. The molecule has 3 rings (SSSR count). The lowest BCUT2D eigenvalue weighted by atomic mass is 10.1. The van der Waals surface area contributed by atoms with Crippen molar-refractivity contribution in [1.29, 1.82) is 0 Å². The fourth-order valence-electron chi connectivity index (χ4n) is 2.67. The Hall–Kier alpha value is -1.73. The number of hydrogen-bond acceptors (Lipinski definition) is 4. The van der Waals surface area contributed by atoms with Gasteiger partial charge >= 0.3 is 0 Å². The van der Waals surface area contributed by atoms with Gasteiger partial charge in [-0.1, -0.05) is 0 Å². The van der Waals surface area contributed by atoms with Crippen LogP contribution >= 0.6 is 15.9 Å². The molecule has 0 radical (unpaired) electrons. The van der Waals surface area contributed by atoms with Gasteiger partial charge in [0.05, 0.1) is 16.2 Å².